The van der Waals surface area contributed by atoms with Crippen molar-refractivity contribution in [2.75, 3.05) is 5.32 Å². The quantitative estimate of drug-likeness (QED) is 0.168. The SMILES string of the molecule is CC(=O)c1nn2c3c(cc(-c4cnc(C)nc4)cc13)CCCCCCCCCC[C@@]13C[C@@H](C(=O)Nc4nc(Br)ccc4C)N(C(=O)C2)C1[C@@H]3C. The molecule has 0 radical (unpaired) electrons. The Bertz CT molecular complexity index is 1960. The number of ketones is 1. The molecule has 1 aromatic carbocycles. The second-order valence-corrected chi connectivity index (χ2v) is 15.5. The fourth-order valence-corrected chi connectivity index (χ4v) is 9.03. The Morgan fingerprint density at radius 1 is 0.960 bits per heavy atom. The van der Waals surface area contributed by atoms with Crippen LogP contribution in [-0.4, -0.2) is 59.3 Å². The predicted octanol–water partition coefficient (Wildman–Crippen LogP) is 7.78. The van der Waals surface area contributed by atoms with Gasteiger partial charge in [0.05, 0.1) is 5.52 Å². The number of halogens is 1. The molecule has 5 heterocycles. The number of nitrogens with one attached hydrogen (secondary N) is 1. The molecule has 3 aliphatic rings. The number of hydrogen-bond acceptors (Lipinski definition) is 7. The molecule has 2 aliphatic heterocycles. The lowest BCUT2D eigenvalue weighted by molar-refractivity contribution is -0.138. The van der Waals surface area contributed by atoms with Gasteiger partial charge in [-0.25, -0.2) is 15.0 Å². The Balaban J connectivity index is 1.29. The molecule has 7 rings (SSSR count). The molecule has 0 spiro atoms. The fourth-order valence-electron chi connectivity index (χ4n) is 8.72. The average Bonchev–Trinajstić information content (AvgIpc) is 3.35. The summed E-state index contributed by atoms with van der Waals surface area (Å²) in [6.07, 6.45) is 15.3. The lowest BCUT2D eigenvalue weighted by Gasteiger charge is -2.28. The number of carbonyl (C=O) groups is 3. The summed E-state index contributed by atoms with van der Waals surface area (Å²) in [6, 6.07) is 7.26. The second-order valence-electron chi connectivity index (χ2n) is 14.7. The summed E-state index contributed by atoms with van der Waals surface area (Å²) in [4.78, 5) is 57.0. The number of carbonyl (C=O) groups excluding carboxylic acids is 3. The van der Waals surface area contributed by atoms with Crippen molar-refractivity contribution < 1.29 is 14.4 Å². The predicted molar refractivity (Wildman–Crippen MR) is 197 cm³/mol. The van der Waals surface area contributed by atoms with Gasteiger partial charge in [-0.15, -0.1) is 0 Å². The van der Waals surface area contributed by atoms with Crippen LogP contribution in [0.5, 0.6) is 0 Å². The Kier molecular flexibility index (Phi) is 9.62. The van der Waals surface area contributed by atoms with Crippen LogP contribution in [0.15, 0.2) is 41.3 Å². The number of hydrogen-bond donors (Lipinski definition) is 1. The topological polar surface area (TPSA) is 123 Å². The summed E-state index contributed by atoms with van der Waals surface area (Å²) < 4.78 is 2.36. The molecule has 262 valence electrons. The molecule has 3 aromatic heterocycles. The van der Waals surface area contributed by atoms with E-state index in [-0.39, 0.29) is 35.6 Å². The maximum atomic E-state index is 14.6. The first-order chi connectivity index (χ1) is 24.1. The number of rotatable bonds is 4. The zero-order valence-electron chi connectivity index (χ0n) is 29.5. The third-order valence-corrected chi connectivity index (χ3v) is 11.9. The minimum atomic E-state index is -0.618. The lowest BCUT2D eigenvalue weighted by Crippen LogP contribution is -2.47. The Morgan fingerprint density at radius 3 is 2.38 bits per heavy atom. The summed E-state index contributed by atoms with van der Waals surface area (Å²) in [7, 11) is 0. The fraction of sp³-hybridized carbons (Fsp3) is 0.513. The largest absolute Gasteiger partial charge is 0.325 e. The maximum absolute atomic E-state index is 14.6. The number of amides is 2. The van der Waals surface area contributed by atoms with Gasteiger partial charge in [0, 0.05) is 36.3 Å². The number of benzene rings is 1. The third kappa shape index (κ3) is 6.49. The van der Waals surface area contributed by atoms with Gasteiger partial charge in [-0.1, -0.05) is 57.9 Å². The number of aromatic nitrogens is 5. The minimum absolute atomic E-state index is 0.0112. The van der Waals surface area contributed by atoms with E-state index in [4.69, 9.17) is 5.10 Å². The Labute approximate surface area is 302 Å². The zero-order chi connectivity index (χ0) is 35.2. The molecule has 1 aliphatic carbocycles. The van der Waals surface area contributed by atoms with Gasteiger partial charge in [0.25, 0.3) is 0 Å². The van der Waals surface area contributed by atoms with E-state index in [1.807, 2.05) is 49.3 Å². The Morgan fingerprint density at radius 2 is 1.66 bits per heavy atom. The molecule has 10 nitrogen and oxygen atoms in total. The first-order valence-electron chi connectivity index (χ1n) is 18.2. The number of piperidine rings is 1. The van der Waals surface area contributed by atoms with Crippen molar-refractivity contribution in [1.82, 2.24) is 29.6 Å². The smallest absolute Gasteiger partial charge is 0.248 e. The minimum Gasteiger partial charge on any atom is -0.325 e. The third-order valence-electron chi connectivity index (χ3n) is 11.5. The van der Waals surface area contributed by atoms with E-state index in [1.54, 1.807) is 4.68 Å². The van der Waals surface area contributed by atoms with Gasteiger partial charge in [0.1, 0.15) is 34.5 Å². The van der Waals surface area contributed by atoms with Crippen LogP contribution < -0.4 is 5.32 Å². The van der Waals surface area contributed by atoms with Gasteiger partial charge in [-0.2, -0.15) is 5.10 Å². The molecule has 11 heteroatoms. The van der Waals surface area contributed by atoms with Gasteiger partial charge in [0.2, 0.25) is 11.8 Å². The van der Waals surface area contributed by atoms with Gasteiger partial charge in [0.15, 0.2) is 5.78 Å². The monoisotopic (exact) mass is 739 g/mol. The molecule has 4 atom stereocenters. The summed E-state index contributed by atoms with van der Waals surface area (Å²) in [5.74, 6) is 0.971. The van der Waals surface area contributed by atoms with E-state index in [1.165, 1.54) is 39.0 Å². The highest BCUT2D eigenvalue weighted by atomic mass is 79.9. The highest BCUT2D eigenvalue weighted by molar-refractivity contribution is 9.10. The number of pyridine rings is 1. The van der Waals surface area contributed by atoms with Crippen molar-refractivity contribution in [3.63, 3.8) is 0 Å². The van der Waals surface area contributed by atoms with E-state index >= 15 is 0 Å². The van der Waals surface area contributed by atoms with Crippen LogP contribution in [0.25, 0.3) is 22.0 Å². The Hall–Kier alpha value is -3.99. The van der Waals surface area contributed by atoms with Gasteiger partial charge in [-0.3, -0.25) is 19.1 Å². The summed E-state index contributed by atoms with van der Waals surface area (Å²) in [5.41, 5.74) is 4.77. The van der Waals surface area contributed by atoms with Crippen molar-refractivity contribution >= 4 is 50.2 Å². The molecule has 50 heavy (non-hydrogen) atoms. The van der Waals surface area contributed by atoms with Crippen molar-refractivity contribution in [3.05, 3.63) is 63.9 Å². The van der Waals surface area contributed by atoms with E-state index < -0.39 is 6.04 Å². The molecule has 1 saturated carbocycles. The second kappa shape index (κ2) is 14.0. The van der Waals surface area contributed by atoms with E-state index in [9.17, 15) is 14.4 Å². The standard InChI is InChI=1S/C39H46BrN7O3/c1-23-14-15-32(40)43-37(23)44-38(50)31-19-39-16-12-10-8-6-5-7-9-11-13-27-17-28(29-20-41-26(4)42-21-29)18-30-34(25(3)48)45-46(35(27)30)22-33(49)47(31)36(39)24(39)2/h14-15,17-18,20-21,24,31,36H,5-13,16,19,22H2,1-4H3,(H,43,44,50)/t24-,31-,36?,39-/m0/s1. The van der Waals surface area contributed by atoms with E-state index in [2.05, 4.69) is 49.2 Å². The van der Waals surface area contributed by atoms with Crippen LogP contribution in [0.4, 0.5) is 5.82 Å². The number of anilines is 1. The molecule has 4 aromatic rings. The van der Waals surface area contributed by atoms with Crippen molar-refractivity contribution in [2.24, 2.45) is 11.3 Å². The average molecular weight is 741 g/mol. The highest BCUT2D eigenvalue weighted by Gasteiger charge is 2.71. The highest BCUT2D eigenvalue weighted by Crippen LogP contribution is 2.67. The number of aryl methyl sites for hydroxylation is 3. The van der Waals surface area contributed by atoms with E-state index in [0.717, 1.165) is 65.3 Å². The molecular weight excluding hydrogens is 694 g/mol. The van der Waals surface area contributed by atoms with E-state index in [0.29, 0.717) is 34.3 Å². The summed E-state index contributed by atoms with van der Waals surface area (Å²) in [6.45, 7) is 7.47. The molecular formula is C39H46BrN7O3. The van der Waals surface area contributed by atoms with Crippen LogP contribution in [0.1, 0.15) is 105 Å². The molecule has 2 fully saturated rings. The van der Waals surface area contributed by atoms with Gasteiger partial charge in [-0.05, 0) is 102 Å². The molecule has 1 N–H and O–H groups in total. The number of Topliss-reactive ketones (excluding diaryl/α,β-unsaturated/α-hetero) is 1. The van der Waals surface area contributed by atoms with Crippen molar-refractivity contribution in [2.45, 2.75) is 117 Å². The first-order valence-corrected chi connectivity index (χ1v) is 19.0. The van der Waals surface area contributed by atoms with Crippen LogP contribution >= 0.6 is 15.9 Å². The van der Waals surface area contributed by atoms with Crippen LogP contribution in [0, 0.1) is 25.2 Å². The molecule has 2 bridgehead atoms. The van der Waals surface area contributed by atoms with Crippen molar-refractivity contribution in [3.8, 4) is 11.1 Å². The zero-order valence-corrected chi connectivity index (χ0v) is 31.1. The van der Waals surface area contributed by atoms with Gasteiger partial charge < -0.3 is 10.2 Å². The molecule has 1 unspecified atom stereocenters. The van der Waals surface area contributed by atoms with Crippen molar-refractivity contribution in [1.29, 1.82) is 0 Å². The molecule has 2 amide bonds. The first kappa shape index (κ1) is 34.5. The maximum Gasteiger partial charge on any atom is 0.248 e. The van der Waals surface area contributed by atoms with Crippen LogP contribution in [-0.2, 0) is 22.6 Å². The summed E-state index contributed by atoms with van der Waals surface area (Å²) in [5, 5.41) is 8.60. The normalized spacial score (nSPS) is 24.4. The lowest BCUT2D eigenvalue weighted by atomic mass is 9.89. The van der Waals surface area contributed by atoms with Crippen LogP contribution in [0.2, 0.25) is 0 Å². The van der Waals surface area contributed by atoms with Gasteiger partial charge >= 0.3 is 0 Å². The van der Waals surface area contributed by atoms with Crippen LogP contribution in [0.3, 0.4) is 0 Å². The number of nitrogens with zero attached hydrogens (tertiary/aromatic N) is 6. The molecule has 1 saturated heterocycles. The summed E-state index contributed by atoms with van der Waals surface area (Å²) >= 11 is 3.43.